The standard InChI is InChI=1S/C22H23N5O5/c1-14-21(27(31)32)16(3)25(23-14)13-17-8-10-18(11-9-17)22(28)24(4)15(2)19-6-5-7-20(12-19)26(29)30/h5-12,15H,13H2,1-4H3. The van der Waals surface area contributed by atoms with Gasteiger partial charge >= 0.3 is 5.69 Å². The quantitative estimate of drug-likeness (QED) is 0.403. The van der Waals surface area contributed by atoms with E-state index in [0.29, 0.717) is 29.1 Å². The molecular weight excluding hydrogens is 414 g/mol. The molecule has 0 aliphatic rings. The molecular formula is C22H23N5O5. The summed E-state index contributed by atoms with van der Waals surface area (Å²) in [6, 6.07) is 12.8. The fourth-order valence-electron chi connectivity index (χ4n) is 3.53. The highest BCUT2D eigenvalue weighted by Crippen LogP contribution is 2.25. The second-order valence-corrected chi connectivity index (χ2v) is 7.58. The number of amides is 1. The first-order valence-corrected chi connectivity index (χ1v) is 9.89. The number of aryl methyl sites for hydroxylation is 1. The number of benzene rings is 2. The lowest BCUT2D eigenvalue weighted by atomic mass is 10.0. The molecule has 10 nitrogen and oxygen atoms in total. The van der Waals surface area contributed by atoms with Gasteiger partial charge in [0.25, 0.3) is 11.6 Å². The van der Waals surface area contributed by atoms with Crippen LogP contribution in [0.2, 0.25) is 0 Å². The average Bonchev–Trinajstić information content (AvgIpc) is 3.05. The minimum Gasteiger partial charge on any atom is -0.335 e. The number of rotatable bonds is 7. The lowest BCUT2D eigenvalue weighted by molar-refractivity contribution is -0.386. The van der Waals surface area contributed by atoms with Crippen molar-refractivity contribution in [2.45, 2.75) is 33.4 Å². The van der Waals surface area contributed by atoms with Gasteiger partial charge in [-0.25, -0.2) is 0 Å². The zero-order valence-corrected chi connectivity index (χ0v) is 18.2. The first-order valence-electron chi connectivity index (χ1n) is 9.89. The van der Waals surface area contributed by atoms with Crippen molar-refractivity contribution in [3.8, 4) is 0 Å². The molecule has 0 bridgehead atoms. The predicted octanol–water partition coefficient (Wildman–Crippen LogP) is 4.20. The number of nitro groups is 2. The molecule has 1 aromatic heterocycles. The summed E-state index contributed by atoms with van der Waals surface area (Å²) < 4.78 is 1.57. The third kappa shape index (κ3) is 4.48. The van der Waals surface area contributed by atoms with Gasteiger partial charge in [-0.05, 0) is 44.0 Å². The Labute approximate surface area is 184 Å². The van der Waals surface area contributed by atoms with Gasteiger partial charge in [0.15, 0.2) is 0 Å². The zero-order valence-electron chi connectivity index (χ0n) is 18.2. The second-order valence-electron chi connectivity index (χ2n) is 7.58. The fraction of sp³-hybridized carbons (Fsp3) is 0.273. The maximum absolute atomic E-state index is 12.9. The van der Waals surface area contributed by atoms with E-state index in [-0.39, 0.29) is 23.3 Å². The summed E-state index contributed by atoms with van der Waals surface area (Å²) in [6.45, 7) is 5.40. The Balaban J connectivity index is 1.75. The van der Waals surface area contributed by atoms with Gasteiger partial charge in [0.2, 0.25) is 0 Å². The highest BCUT2D eigenvalue weighted by Gasteiger charge is 2.23. The number of hydrogen-bond donors (Lipinski definition) is 0. The summed E-state index contributed by atoms with van der Waals surface area (Å²) in [4.78, 5) is 35.8. The van der Waals surface area contributed by atoms with Crippen LogP contribution in [-0.2, 0) is 6.54 Å². The highest BCUT2D eigenvalue weighted by atomic mass is 16.6. The van der Waals surface area contributed by atoms with Crippen LogP contribution in [0.3, 0.4) is 0 Å². The average molecular weight is 437 g/mol. The molecule has 10 heteroatoms. The first-order chi connectivity index (χ1) is 15.1. The third-order valence-electron chi connectivity index (χ3n) is 5.52. The third-order valence-corrected chi connectivity index (χ3v) is 5.52. The van der Waals surface area contributed by atoms with Crippen LogP contribution in [0.5, 0.6) is 0 Å². The van der Waals surface area contributed by atoms with Crippen LogP contribution in [-0.4, -0.2) is 37.5 Å². The molecule has 0 N–H and O–H groups in total. The number of hydrogen-bond acceptors (Lipinski definition) is 6. The minimum atomic E-state index is -0.464. The van der Waals surface area contributed by atoms with Crippen LogP contribution in [0.15, 0.2) is 48.5 Å². The van der Waals surface area contributed by atoms with Gasteiger partial charge in [0.1, 0.15) is 11.4 Å². The van der Waals surface area contributed by atoms with Crippen LogP contribution < -0.4 is 0 Å². The normalized spacial score (nSPS) is 11.8. The van der Waals surface area contributed by atoms with Gasteiger partial charge in [-0.3, -0.25) is 29.7 Å². The molecule has 0 saturated carbocycles. The van der Waals surface area contributed by atoms with Crippen molar-refractivity contribution in [2.24, 2.45) is 0 Å². The minimum absolute atomic E-state index is 0.00793. The lowest BCUT2D eigenvalue weighted by Gasteiger charge is -2.25. The van der Waals surface area contributed by atoms with Crippen LogP contribution in [0.4, 0.5) is 11.4 Å². The van der Waals surface area contributed by atoms with Crippen molar-refractivity contribution < 1.29 is 14.6 Å². The van der Waals surface area contributed by atoms with Gasteiger partial charge in [0.05, 0.1) is 22.4 Å². The van der Waals surface area contributed by atoms with Crippen LogP contribution in [0.25, 0.3) is 0 Å². The molecule has 0 radical (unpaired) electrons. The van der Waals surface area contributed by atoms with E-state index in [9.17, 15) is 25.0 Å². The number of nitrogens with zero attached hydrogens (tertiary/aromatic N) is 5. The Morgan fingerprint density at radius 1 is 1.09 bits per heavy atom. The zero-order chi connectivity index (χ0) is 23.6. The first kappa shape index (κ1) is 22.6. The van der Waals surface area contributed by atoms with Crippen molar-refractivity contribution >= 4 is 17.3 Å². The number of nitro benzene ring substituents is 1. The van der Waals surface area contributed by atoms with Crippen molar-refractivity contribution in [1.29, 1.82) is 0 Å². The molecule has 1 amide bonds. The topological polar surface area (TPSA) is 124 Å². The Kier molecular flexibility index (Phi) is 6.33. The van der Waals surface area contributed by atoms with Gasteiger partial charge in [-0.2, -0.15) is 5.10 Å². The smallest absolute Gasteiger partial charge is 0.312 e. The van der Waals surface area contributed by atoms with Gasteiger partial charge in [0, 0.05) is 24.7 Å². The molecule has 32 heavy (non-hydrogen) atoms. The van der Waals surface area contributed by atoms with Gasteiger partial charge in [-0.1, -0.05) is 24.3 Å². The van der Waals surface area contributed by atoms with E-state index in [0.717, 1.165) is 5.56 Å². The van der Waals surface area contributed by atoms with Crippen molar-refractivity contribution in [3.63, 3.8) is 0 Å². The Hall–Kier alpha value is -4.08. The van der Waals surface area contributed by atoms with Crippen LogP contribution >= 0.6 is 0 Å². The largest absolute Gasteiger partial charge is 0.335 e. The van der Waals surface area contributed by atoms with Crippen LogP contribution in [0.1, 0.15) is 45.8 Å². The van der Waals surface area contributed by atoms with Crippen molar-refractivity contribution in [1.82, 2.24) is 14.7 Å². The predicted molar refractivity (Wildman–Crippen MR) is 118 cm³/mol. The van der Waals surface area contributed by atoms with Gasteiger partial charge < -0.3 is 4.90 Å². The van der Waals surface area contributed by atoms with E-state index < -0.39 is 9.85 Å². The Bertz CT molecular complexity index is 1190. The second kappa shape index (κ2) is 8.96. The van der Waals surface area contributed by atoms with E-state index in [1.807, 2.05) is 0 Å². The molecule has 0 spiro atoms. The Morgan fingerprint density at radius 3 is 2.31 bits per heavy atom. The number of carbonyl (C=O) groups excluding carboxylic acids is 1. The molecule has 3 aromatic rings. The summed E-state index contributed by atoms with van der Waals surface area (Å²) in [6.07, 6.45) is 0. The van der Waals surface area contributed by atoms with E-state index in [1.165, 1.54) is 17.0 Å². The van der Waals surface area contributed by atoms with E-state index in [2.05, 4.69) is 5.10 Å². The van der Waals surface area contributed by atoms with E-state index in [4.69, 9.17) is 0 Å². The summed E-state index contributed by atoms with van der Waals surface area (Å²) in [7, 11) is 1.65. The molecule has 1 heterocycles. The SMILES string of the molecule is Cc1nn(Cc2ccc(C(=O)N(C)C(C)c3cccc([N+](=O)[O-])c3)cc2)c(C)c1[N+](=O)[O-]. The summed E-state index contributed by atoms with van der Waals surface area (Å²) in [5.41, 5.74) is 2.79. The monoisotopic (exact) mass is 437 g/mol. The fourth-order valence-corrected chi connectivity index (χ4v) is 3.53. The molecule has 0 saturated heterocycles. The number of non-ortho nitro benzene ring substituents is 1. The molecule has 1 unspecified atom stereocenters. The molecule has 0 fully saturated rings. The van der Waals surface area contributed by atoms with E-state index >= 15 is 0 Å². The number of aromatic nitrogens is 2. The molecule has 0 aliphatic carbocycles. The maximum atomic E-state index is 12.9. The highest BCUT2D eigenvalue weighted by molar-refractivity contribution is 5.94. The Morgan fingerprint density at radius 2 is 1.75 bits per heavy atom. The molecule has 2 aromatic carbocycles. The van der Waals surface area contributed by atoms with Crippen molar-refractivity contribution in [2.75, 3.05) is 7.05 Å². The number of carbonyl (C=O) groups is 1. The summed E-state index contributed by atoms with van der Waals surface area (Å²) in [5.74, 6) is -0.225. The molecule has 1 atom stereocenters. The lowest BCUT2D eigenvalue weighted by Crippen LogP contribution is -2.29. The molecule has 3 rings (SSSR count). The van der Waals surface area contributed by atoms with Gasteiger partial charge in [-0.15, -0.1) is 0 Å². The maximum Gasteiger partial charge on any atom is 0.312 e. The summed E-state index contributed by atoms with van der Waals surface area (Å²) in [5, 5.41) is 26.4. The van der Waals surface area contributed by atoms with Crippen molar-refractivity contribution in [3.05, 3.63) is 96.8 Å². The molecule has 0 aliphatic heterocycles. The van der Waals surface area contributed by atoms with Crippen LogP contribution in [0, 0.1) is 34.1 Å². The van der Waals surface area contributed by atoms with E-state index in [1.54, 1.807) is 68.9 Å². The summed E-state index contributed by atoms with van der Waals surface area (Å²) >= 11 is 0. The molecule has 166 valence electrons.